The molecular weight excluding hydrogens is 200 g/mol. The van der Waals surface area contributed by atoms with Gasteiger partial charge >= 0.3 is 0 Å². The highest BCUT2D eigenvalue weighted by molar-refractivity contribution is 5.45. The Morgan fingerprint density at radius 3 is 2.94 bits per heavy atom. The van der Waals surface area contributed by atoms with Crippen molar-refractivity contribution in [1.82, 2.24) is 15.1 Å². The molecule has 4 heteroatoms. The quantitative estimate of drug-likeness (QED) is 0.823. The van der Waals surface area contributed by atoms with E-state index in [0.29, 0.717) is 6.04 Å². The van der Waals surface area contributed by atoms with Crippen molar-refractivity contribution in [2.75, 3.05) is 18.0 Å². The van der Waals surface area contributed by atoms with Gasteiger partial charge in [0.2, 0.25) is 0 Å². The molecule has 2 rings (SSSR count). The lowest BCUT2D eigenvalue weighted by Gasteiger charge is -2.44. The first-order valence-electron chi connectivity index (χ1n) is 6.06. The van der Waals surface area contributed by atoms with Crippen LogP contribution in [0.2, 0.25) is 0 Å². The van der Waals surface area contributed by atoms with Gasteiger partial charge in [0.05, 0.1) is 11.9 Å². The minimum atomic E-state index is 0.181. The van der Waals surface area contributed by atoms with E-state index < -0.39 is 0 Å². The van der Waals surface area contributed by atoms with Gasteiger partial charge in [0.15, 0.2) is 0 Å². The van der Waals surface area contributed by atoms with Gasteiger partial charge in [0.1, 0.15) is 0 Å². The Hall–Kier alpha value is -1.03. The van der Waals surface area contributed by atoms with Gasteiger partial charge in [-0.15, -0.1) is 0 Å². The summed E-state index contributed by atoms with van der Waals surface area (Å²) in [5.41, 5.74) is 1.42. The molecule has 16 heavy (non-hydrogen) atoms. The largest absolute Gasteiger partial charge is 0.363 e. The number of anilines is 1. The highest BCUT2D eigenvalue weighted by Crippen LogP contribution is 2.22. The molecule has 1 aliphatic heterocycles. The third-order valence-electron chi connectivity index (χ3n) is 3.25. The highest BCUT2D eigenvalue weighted by atomic mass is 15.3. The van der Waals surface area contributed by atoms with Crippen molar-refractivity contribution >= 4 is 5.69 Å². The molecule has 1 N–H and O–H groups in total. The van der Waals surface area contributed by atoms with Crippen LogP contribution < -0.4 is 10.2 Å². The van der Waals surface area contributed by atoms with Crippen molar-refractivity contribution in [2.45, 2.75) is 45.8 Å². The molecule has 1 atom stereocenters. The molecule has 1 aromatic heterocycles. The van der Waals surface area contributed by atoms with Crippen molar-refractivity contribution < 1.29 is 0 Å². The fourth-order valence-electron chi connectivity index (χ4n) is 2.19. The van der Waals surface area contributed by atoms with Crippen molar-refractivity contribution in [1.29, 1.82) is 0 Å². The van der Waals surface area contributed by atoms with Crippen LogP contribution in [0.3, 0.4) is 0 Å². The summed E-state index contributed by atoms with van der Waals surface area (Å²) in [7, 11) is 0. The molecule has 0 radical (unpaired) electrons. The van der Waals surface area contributed by atoms with Gasteiger partial charge < -0.3 is 10.2 Å². The lowest BCUT2D eigenvalue weighted by atomic mass is 9.99. The van der Waals surface area contributed by atoms with Crippen LogP contribution in [0.15, 0.2) is 12.4 Å². The van der Waals surface area contributed by atoms with E-state index in [1.165, 1.54) is 5.69 Å². The van der Waals surface area contributed by atoms with E-state index in [0.717, 1.165) is 19.6 Å². The van der Waals surface area contributed by atoms with E-state index in [2.05, 4.69) is 49.2 Å². The fraction of sp³-hybridized carbons (Fsp3) is 0.750. The Labute approximate surface area is 97.6 Å². The lowest BCUT2D eigenvalue weighted by molar-refractivity contribution is 0.318. The van der Waals surface area contributed by atoms with Crippen LogP contribution in [0.1, 0.15) is 27.7 Å². The maximum Gasteiger partial charge on any atom is 0.0755 e. The Balaban J connectivity index is 2.17. The summed E-state index contributed by atoms with van der Waals surface area (Å²) < 4.78 is 1.98. The third-order valence-corrected chi connectivity index (χ3v) is 3.25. The van der Waals surface area contributed by atoms with E-state index in [-0.39, 0.29) is 5.54 Å². The molecule has 1 aromatic rings. The second kappa shape index (κ2) is 4.09. The Kier molecular flexibility index (Phi) is 2.93. The second-order valence-electron chi connectivity index (χ2n) is 5.30. The van der Waals surface area contributed by atoms with Gasteiger partial charge in [-0.05, 0) is 27.7 Å². The first-order chi connectivity index (χ1) is 7.52. The van der Waals surface area contributed by atoms with Gasteiger partial charge in [-0.3, -0.25) is 4.68 Å². The summed E-state index contributed by atoms with van der Waals surface area (Å²) in [6.45, 7) is 11.9. The van der Waals surface area contributed by atoms with Gasteiger partial charge in [0, 0.05) is 37.4 Å². The van der Waals surface area contributed by atoms with Gasteiger partial charge in [-0.2, -0.15) is 5.10 Å². The molecule has 1 aliphatic rings. The van der Waals surface area contributed by atoms with Crippen LogP contribution in [0.25, 0.3) is 0 Å². The predicted molar refractivity (Wildman–Crippen MR) is 66.8 cm³/mol. The average molecular weight is 222 g/mol. The zero-order valence-corrected chi connectivity index (χ0v) is 10.7. The number of aryl methyl sites for hydroxylation is 1. The van der Waals surface area contributed by atoms with E-state index in [4.69, 9.17) is 0 Å². The SMILES string of the molecule is CCn1cc(N2CC(C)(C)NCC2C)cn1. The standard InChI is InChI=1S/C12H22N4/c1-5-15-8-11(7-14-15)16-9-12(3,4)13-6-10(16)2/h7-8,10,13H,5-6,9H2,1-4H3. The molecule has 2 heterocycles. The van der Waals surface area contributed by atoms with Gasteiger partial charge in [-0.1, -0.05) is 0 Å². The van der Waals surface area contributed by atoms with Crippen LogP contribution >= 0.6 is 0 Å². The average Bonchev–Trinajstić information content (AvgIpc) is 2.70. The first-order valence-corrected chi connectivity index (χ1v) is 6.06. The third kappa shape index (κ3) is 2.21. The Bertz CT molecular complexity index is 356. The molecule has 1 fully saturated rings. The second-order valence-corrected chi connectivity index (χ2v) is 5.30. The van der Waals surface area contributed by atoms with Crippen molar-refractivity contribution in [3.8, 4) is 0 Å². The number of nitrogens with one attached hydrogen (secondary N) is 1. The Morgan fingerprint density at radius 1 is 1.56 bits per heavy atom. The number of piperazine rings is 1. The molecule has 1 unspecified atom stereocenters. The van der Waals surface area contributed by atoms with Crippen molar-refractivity contribution in [3.05, 3.63) is 12.4 Å². The van der Waals surface area contributed by atoms with E-state index in [1.807, 2.05) is 10.9 Å². The van der Waals surface area contributed by atoms with Crippen molar-refractivity contribution in [2.24, 2.45) is 0 Å². The zero-order chi connectivity index (χ0) is 11.8. The van der Waals surface area contributed by atoms with E-state index in [1.54, 1.807) is 0 Å². The number of rotatable bonds is 2. The Morgan fingerprint density at radius 2 is 2.31 bits per heavy atom. The molecule has 4 nitrogen and oxygen atoms in total. The fourth-order valence-corrected chi connectivity index (χ4v) is 2.19. The topological polar surface area (TPSA) is 33.1 Å². The monoisotopic (exact) mass is 222 g/mol. The van der Waals surface area contributed by atoms with Crippen LogP contribution in [0.5, 0.6) is 0 Å². The summed E-state index contributed by atoms with van der Waals surface area (Å²) in [5.74, 6) is 0. The number of hydrogen-bond donors (Lipinski definition) is 1. The number of nitrogens with zero attached hydrogens (tertiary/aromatic N) is 3. The molecule has 0 saturated carbocycles. The first kappa shape index (κ1) is 11.5. The predicted octanol–water partition coefficient (Wildman–Crippen LogP) is 1.48. The van der Waals surface area contributed by atoms with Crippen LogP contribution in [-0.4, -0.2) is 34.5 Å². The number of hydrogen-bond acceptors (Lipinski definition) is 3. The maximum absolute atomic E-state index is 4.35. The smallest absolute Gasteiger partial charge is 0.0755 e. The summed E-state index contributed by atoms with van der Waals surface area (Å²) in [6, 6.07) is 0.530. The minimum absolute atomic E-state index is 0.181. The van der Waals surface area contributed by atoms with Crippen molar-refractivity contribution in [3.63, 3.8) is 0 Å². The normalized spacial score (nSPS) is 24.8. The molecule has 0 spiro atoms. The number of aromatic nitrogens is 2. The summed E-state index contributed by atoms with van der Waals surface area (Å²) in [4.78, 5) is 2.44. The van der Waals surface area contributed by atoms with E-state index in [9.17, 15) is 0 Å². The molecule has 0 amide bonds. The summed E-state index contributed by atoms with van der Waals surface area (Å²) in [5, 5.41) is 7.91. The summed E-state index contributed by atoms with van der Waals surface area (Å²) in [6.07, 6.45) is 4.11. The van der Waals surface area contributed by atoms with E-state index >= 15 is 0 Å². The molecule has 0 aromatic carbocycles. The molecule has 0 aliphatic carbocycles. The van der Waals surface area contributed by atoms with Gasteiger partial charge in [0.25, 0.3) is 0 Å². The maximum atomic E-state index is 4.35. The molecule has 0 bridgehead atoms. The van der Waals surface area contributed by atoms with Gasteiger partial charge in [-0.25, -0.2) is 0 Å². The van der Waals surface area contributed by atoms with Crippen LogP contribution in [0.4, 0.5) is 5.69 Å². The summed E-state index contributed by atoms with van der Waals surface area (Å²) >= 11 is 0. The minimum Gasteiger partial charge on any atom is -0.363 e. The van der Waals surface area contributed by atoms with Crippen LogP contribution in [0, 0.1) is 0 Å². The highest BCUT2D eigenvalue weighted by Gasteiger charge is 2.30. The lowest BCUT2D eigenvalue weighted by Crippen LogP contribution is -2.60. The van der Waals surface area contributed by atoms with Crippen LogP contribution in [-0.2, 0) is 6.54 Å². The molecule has 1 saturated heterocycles. The molecular formula is C12H22N4. The molecule has 90 valence electrons. The zero-order valence-electron chi connectivity index (χ0n) is 10.7.